The molecule has 1 aliphatic heterocycles. The largest absolute Gasteiger partial charge is 0.366 e. The maximum Gasteiger partial charge on any atom is 0.163 e. The molecule has 3 rings (SSSR count). The summed E-state index contributed by atoms with van der Waals surface area (Å²) in [6.45, 7) is 10.1. The number of hydrogen-bond acceptors (Lipinski definition) is 5. The van der Waals surface area contributed by atoms with Crippen LogP contribution in [0.3, 0.4) is 0 Å². The van der Waals surface area contributed by atoms with Crippen LogP contribution in [0, 0.1) is 0 Å². The van der Waals surface area contributed by atoms with Gasteiger partial charge in [-0.3, -0.25) is 4.68 Å². The van der Waals surface area contributed by atoms with Crippen molar-refractivity contribution in [2.45, 2.75) is 38.9 Å². The Morgan fingerprint density at radius 3 is 2.40 bits per heavy atom. The molecule has 0 spiro atoms. The molecule has 0 N–H and O–H groups in total. The fourth-order valence-electron chi connectivity index (χ4n) is 3.14. The van der Waals surface area contributed by atoms with Crippen LogP contribution >= 0.6 is 0 Å². The van der Waals surface area contributed by atoms with Gasteiger partial charge in [-0.2, -0.15) is 5.10 Å². The summed E-state index contributed by atoms with van der Waals surface area (Å²) in [6, 6.07) is 0. The van der Waals surface area contributed by atoms with Crippen LogP contribution in [-0.4, -0.2) is 44.0 Å². The van der Waals surface area contributed by atoms with Crippen molar-refractivity contribution in [1.82, 2.24) is 19.7 Å². The highest BCUT2D eigenvalue weighted by Crippen LogP contribution is 2.32. The molecule has 1 fully saturated rings. The predicted molar refractivity (Wildman–Crippen MR) is 77.8 cm³/mol. The second-order valence-electron chi connectivity index (χ2n) is 6.68. The highest BCUT2D eigenvalue weighted by atomic mass is 16.5. The molecule has 6 heteroatoms. The van der Waals surface area contributed by atoms with E-state index < -0.39 is 0 Å². The molecule has 0 aromatic carbocycles. The van der Waals surface area contributed by atoms with Gasteiger partial charge in [0.25, 0.3) is 0 Å². The number of morpholine rings is 1. The number of ether oxygens (including phenoxy) is 1. The number of aromatic nitrogens is 4. The average Bonchev–Trinajstić information content (AvgIpc) is 2.67. The third-order valence-corrected chi connectivity index (χ3v) is 3.50. The van der Waals surface area contributed by atoms with Gasteiger partial charge in [0.1, 0.15) is 12.1 Å². The molecule has 0 amide bonds. The third kappa shape index (κ3) is 2.24. The van der Waals surface area contributed by atoms with Crippen molar-refractivity contribution in [3.8, 4) is 0 Å². The zero-order valence-electron chi connectivity index (χ0n) is 12.7. The number of fused-ring (bicyclic) bond motifs is 1. The Bertz CT molecular complexity index is 630. The van der Waals surface area contributed by atoms with Crippen molar-refractivity contribution in [2.75, 3.05) is 18.0 Å². The maximum atomic E-state index is 6.12. The fraction of sp³-hybridized carbons (Fsp3) is 0.643. The van der Waals surface area contributed by atoms with Crippen LogP contribution in [0.1, 0.15) is 27.7 Å². The van der Waals surface area contributed by atoms with E-state index in [0.29, 0.717) is 0 Å². The molecule has 1 saturated heterocycles. The lowest BCUT2D eigenvalue weighted by molar-refractivity contribution is -0.133. The first-order valence-corrected chi connectivity index (χ1v) is 6.85. The highest BCUT2D eigenvalue weighted by Gasteiger charge is 2.39. The first kappa shape index (κ1) is 13.3. The molecular weight excluding hydrogens is 254 g/mol. The second kappa shape index (κ2) is 4.15. The van der Waals surface area contributed by atoms with Gasteiger partial charge in [0.15, 0.2) is 5.65 Å². The Hall–Kier alpha value is -1.69. The van der Waals surface area contributed by atoms with Gasteiger partial charge in [-0.25, -0.2) is 9.97 Å². The molecule has 2 aromatic rings. The number of hydrogen-bond donors (Lipinski definition) is 0. The van der Waals surface area contributed by atoms with Crippen molar-refractivity contribution in [1.29, 1.82) is 0 Å². The lowest BCUT2D eigenvalue weighted by Crippen LogP contribution is -2.57. The molecule has 0 atom stereocenters. The molecule has 108 valence electrons. The van der Waals surface area contributed by atoms with Crippen molar-refractivity contribution < 1.29 is 4.74 Å². The second-order valence-corrected chi connectivity index (χ2v) is 6.68. The molecule has 6 nitrogen and oxygen atoms in total. The summed E-state index contributed by atoms with van der Waals surface area (Å²) in [5.41, 5.74) is 0.444. The smallest absolute Gasteiger partial charge is 0.163 e. The van der Waals surface area contributed by atoms with Crippen LogP contribution < -0.4 is 4.90 Å². The monoisotopic (exact) mass is 275 g/mol. The first-order valence-electron chi connectivity index (χ1n) is 6.85. The van der Waals surface area contributed by atoms with E-state index in [-0.39, 0.29) is 11.2 Å². The summed E-state index contributed by atoms with van der Waals surface area (Å²) in [5, 5.41) is 5.27. The standard InChI is InChI=1S/C14H21N5O/c1-13(2)7-19(8-14(3,4)20-13)12-10-6-17-18(5)11(10)15-9-16-12/h6,9H,7-8H2,1-5H3. The Kier molecular flexibility index (Phi) is 2.76. The van der Waals surface area contributed by atoms with Crippen molar-refractivity contribution >= 4 is 16.9 Å². The number of aryl methyl sites for hydroxylation is 1. The van der Waals surface area contributed by atoms with E-state index in [1.165, 1.54) is 0 Å². The van der Waals surface area contributed by atoms with Gasteiger partial charge < -0.3 is 9.64 Å². The number of anilines is 1. The first-order chi connectivity index (χ1) is 9.27. The van der Waals surface area contributed by atoms with Crippen LogP contribution in [0.2, 0.25) is 0 Å². The normalized spacial score (nSPS) is 21.4. The van der Waals surface area contributed by atoms with Gasteiger partial charge in [-0.05, 0) is 27.7 Å². The van der Waals surface area contributed by atoms with Crippen molar-refractivity contribution in [3.05, 3.63) is 12.5 Å². The van der Waals surface area contributed by atoms with Crippen LogP contribution in [0.15, 0.2) is 12.5 Å². The lowest BCUT2D eigenvalue weighted by Gasteiger charge is -2.47. The minimum Gasteiger partial charge on any atom is -0.366 e. The molecule has 20 heavy (non-hydrogen) atoms. The van der Waals surface area contributed by atoms with Crippen LogP contribution in [0.5, 0.6) is 0 Å². The molecule has 0 aliphatic carbocycles. The summed E-state index contributed by atoms with van der Waals surface area (Å²) >= 11 is 0. The van der Waals surface area contributed by atoms with Crippen molar-refractivity contribution in [3.63, 3.8) is 0 Å². The van der Waals surface area contributed by atoms with E-state index in [9.17, 15) is 0 Å². The van der Waals surface area contributed by atoms with E-state index in [2.05, 4.69) is 47.7 Å². The van der Waals surface area contributed by atoms with E-state index >= 15 is 0 Å². The fourth-order valence-corrected chi connectivity index (χ4v) is 3.14. The molecule has 0 unspecified atom stereocenters. The molecule has 0 saturated carbocycles. The van der Waals surface area contributed by atoms with Gasteiger partial charge in [0.2, 0.25) is 0 Å². The topological polar surface area (TPSA) is 56.1 Å². The van der Waals surface area contributed by atoms with E-state index in [0.717, 1.165) is 29.9 Å². The van der Waals surface area contributed by atoms with E-state index in [4.69, 9.17) is 4.74 Å². The number of nitrogens with zero attached hydrogens (tertiary/aromatic N) is 5. The molecule has 2 aromatic heterocycles. The molecule has 0 bridgehead atoms. The third-order valence-electron chi connectivity index (χ3n) is 3.50. The minimum atomic E-state index is -0.207. The highest BCUT2D eigenvalue weighted by molar-refractivity contribution is 5.86. The zero-order chi connectivity index (χ0) is 14.5. The minimum absolute atomic E-state index is 0.207. The van der Waals surface area contributed by atoms with E-state index in [1.54, 1.807) is 11.0 Å². The van der Waals surface area contributed by atoms with Gasteiger partial charge >= 0.3 is 0 Å². The Morgan fingerprint density at radius 2 is 1.75 bits per heavy atom. The van der Waals surface area contributed by atoms with Crippen molar-refractivity contribution in [2.24, 2.45) is 7.05 Å². The average molecular weight is 275 g/mol. The predicted octanol–water partition coefficient (Wildman–Crippen LogP) is 1.76. The SMILES string of the molecule is Cn1ncc2c(N3CC(C)(C)OC(C)(C)C3)ncnc21. The Labute approximate surface area is 118 Å². The summed E-state index contributed by atoms with van der Waals surface area (Å²) in [5.74, 6) is 0.938. The van der Waals surface area contributed by atoms with Gasteiger partial charge in [-0.1, -0.05) is 0 Å². The van der Waals surface area contributed by atoms with Crippen LogP contribution in [0.25, 0.3) is 11.0 Å². The summed E-state index contributed by atoms with van der Waals surface area (Å²) in [7, 11) is 1.90. The molecule has 0 radical (unpaired) electrons. The Morgan fingerprint density at radius 1 is 1.10 bits per heavy atom. The van der Waals surface area contributed by atoms with Crippen LogP contribution in [0.4, 0.5) is 5.82 Å². The maximum absolute atomic E-state index is 6.12. The summed E-state index contributed by atoms with van der Waals surface area (Å²) in [4.78, 5) is 11.1. The number of rotatable bonds is 1. The van der Waals surface area contributed by atoms with Crippen LogP contribution in [-0.2, 0) is 11.8 Å². The van der Waals surface area contributed by atoms with Gasteiger partial charge in [0, 0.05) is 20.1 Å². The molecular formula is C14H21N5O. The Balaban J connectivity index is 2.06. The lowest BCUT2D eigenvalue weighted by atomic mass is 9.99. The molecule has 3 heterocycles. The van der Waals surface area contributed by atoms with Gasteiger partial charge in [0.05, 0.1) is 22.8 Å². The van der Waals surface area contributed by atoms with E-state index in [1.807, 2.05) is 13.2 Å². The van der Waals surface area contributed by atoms with Gasteiger partial charge in [-0.15, -0.1) is 0 Å². The zero-order valence-corrected chi connectivity index (χ0v) is 12.7. The quantitative estimate of drug-likeness (QED) is 0.793. The summed E-state index contributed by atoms with van der Waals surface area (Å²) in [6.07, 6.45) is 3.44. The molecule has 1 aliphatic rings. The summed E-state index contributed by atoms with van der Waals surface area (Å²) < 4.78 is 7.90.